The van der Waals surface area contributed by atoms with Crippen LogP contribution in [0.25, 0.3) is 11.3 Å². The molecule has 2 aromatic carbocycles. The molecule has 2 N–H and O–H groups in total. The number of hydrogen-bond donors (Lipinski definition) is 2. The highest BCUT2D eigenvalue weighted by Gasteiger charge is 2.44. The maximum atomic E-state index is 13.5. The van der Waals surface area contributed by atoms with Gasteiger partial charge in [-0.1, -0.05) is 42.5 Å². The number of ether oxygens (including phenoxy) is 1. The molecule has 2 aromatic heterocycles. The standard InChI is InChI=1S/C29H26N6O4S2/c36-25(32-22-10-11-22)20-8-6-19(7-9-20)23-15-41-28(33-23)34-26(37)24-16-40-27(21-12-30-17-31-13-21)35(24)29(38)39-14-18-4-2-1-3-5-18/h1-9,12-13,15,17,22,24,27H,10-11,14,16H2,(H,32,36)(H,33,34,37). The Labute approximate surface area is 244 Å². The first-order valence-corrected chi connectivity index (χ1v) is 15.0. The first kappa shape index (κ1) is 26.9. The molecule has 1 saturated carbocycles. The van der Waals surface area contributed by atoms with E-state index in [1.807, 2.05) is 47.8 Å². The number of aromatic nitrogens is 3. The Morgan fingerprint density at radius 1 is 1.00 bits per heavy atom. The third-order valence-electron chi connectivity index (χ3n) is 6.67. The summed E-state index contributed by atoms with van der Waals surface area (Å²) in [5.74, 6) is -0.0671. The van der Waals surface area contributed by atoms with Gasteiger partial charge in [-0.15, -0.1) is 23.1 Å². The fourth-order valence-corrected chi connectivity index (χ4v) is 6.47. The maximum absolute atomic E-state index is 13.5. The van der Waals surface area contributed by atoms with Crippen LogP contribution in [0.5, 0.6) is 0 Å². The van der Waals surface area contributed by atoms with Gasteiger partial charge in [-0.05, 0) is 30.5 Å². The molecular weight excluding hydrogens is 560 g/mol. The predicted molar refractivity (Wildman–Crippen MR) is 156 cm³/mol. The van der Waals surface area contributed by atoms with E-state index in [2.05, 4.69) is 25.6 Å². The summed E-state index contributed by atoms with van der Waals surface area (Å²) in [6.45, 7) is 0.0874. The molecule has 208 valence electrons. The Morgan fingerprint density at radius 3 is 2.49 bits per heavy atom. The van der Waals surface area contributed by atoms with Crippen molar-refractivity contribution in [2.45, 2.75) is 36.9 Å². The number of thioether (sulfide) groups is 1. The van der Waals surface area contributed by atoms with E-state index in [-0.39, 0.29) is 18.4 Å². The summed E-state index contributed by atoms with van der Waals surface area (Å²) < 4.78 is 5.62. The highest BCUT2D eigenvalue weighted by molar-refractivity contribution is 7.99. The molecule has 2 aliphatic rings. The number of anilines is 1. The number of carbonyl (C=O) groups is 3. The van der Waals surface area contributed by atoms with Crippen molar-refractivity contribution >= 4 is 46.1 Å². The Morgan fingerprint density at radius 2 is 1.76 bits per heavy atom. The summed E-state index contributed by atoms with van der Waals surface area (Å²) in [7, 11) is 0. The van der Waals surface area contributed by atoms with E-state index in [9.17, 15) is 14.4 Å². The van der Waals surface area contributed by atoms with Gasteiger partial charge in [-0.2, -0.15) is 0 Å². The van der Waals surface area contributed by atoms with Crippen molar-refractivity contribution in [2.75, 3.05) is 11.1 Å². The molecule has 1 aliphatic heterocycles. The van der Waals surface area contributed by atoms with Gasteiger partial charge in [0.1, 0.15) is 24.3 Å². The van der Waals surface area contributed by atoms with Crippen LogP contribution in [-0.4, -0.2) is 55.6 Å². The lowest BCUT2D eigenvalue weighted by Gasteiger charge is -2.27. The van der Waals surface area contributed by atoms with Gasteiger partial charge in [0.2, 0.25) is 5.91 Å². The summed E-state index contributed by atoms with van der Waals surface area (Å²) in [5.41, 5.74) is 3.66. The molecule has 12 heteroatoms. The number of hydrogen-bond acceptors (Lipinski definition) is 9. The smallest absolute Gasteiger partial charge is 0.412 e. The maximum Gasteiger partial charge on any atom is 0.412 e. The molecule has 0 spiro atoms. The second kappa shape index (κ2) is 12.1. The number of rotatable bonds is 8. The number of thiazole rings is 1. The Bertz CT molecular complexity index is 1530. The summed E-state index contributed by atoms with van der Waals surface area (Å²) >= 11 is 2.74. The second-order valence-electron chi connectivity index (χ2n) is 9.67. The SMILES string of the molecule is O=C(NC1CC1)c1ccc(-c2csc(NC(=O)C3CSC(c4cncnc4)N3C(=O)OCc3ccccc3)n2)cc1. The van der Waals surface area contributed by atoms with Gasteiger partial charge < -0.3 is 15.4 Å². The zero-order valence-corrected chi connectivity index (χ0v) is 23.4. The third-order valence-corrected chi connectivity index (χ3v) is 8.76. The highest BCUT2D eigenvalue weighted by Crippen LogP contribution is 2.42. The van der Waals surface area contributed by atoms with Crippen LogP contribution in [0.4, 0.5) is 9.93 Å². The second-order valence-corrected chi connectivity index (χ2v) is 11.6. The largest absolute Gasteiger partial charge is 0.444 e. The molecule has 6 rings (SSSR count). The molecule has 2 atom stereocenters. The van der Waals surface area contributed by atoms with E-state index in [4.69, 9.17) is 4.74 Å². The topological polar surface area (TPSA) is 126 Å². The highest BCUT2D eigenvalue weighted by atomic mass is 32.2. The zero-order valence-electron chi connectivity index (χ0n) is 21.8. The summed E-state index contributed by atoms with van der Waals surface area (Å²) in [5, 5.41) is 7.63. The van der Waals surface area contributed by atoms with Crippen molar-refractivity contribution in [1.29, 1.82) is 0 Å². The molecule has 3 amide bonds. The Balaban J connectivity index is 1.14. The quantitative estimate of drug-likeness (QED) is 0.299. The lowest BCUT2D eigenvalue weighted by Crippen LogP contribution is -2.45. The number of benzene rings is 2. The van der Waals surface area contributed by atoms with E-state index in [0.717, 1.165) is 24.0 Å². The van der Waals surface area contributed by atoms with Crippen LogP contribution in [0.2, 0.25) is 0 Å². The van der Waals surface area contributed by atoms with Crippen molar-refractivity contribution < 1.29 is 19.1 Å². The van der Waals surface area contributed by atoms with Gasteiger partial charge in [-0.25, -0.2) is 19.7 Å². The van der Waals surface area contributed by atoms with E-state index in [0.29, 0.717) is 33.7 Å². The molecule has 4 aromatic rings. The minimum atomic E-state index is -0.787. The molecule has 0 radical (unpaired) electrons. The first-order valence-electron chi connectivity index (χ1n) is 13.1. The lowest BCUT2D eigenvalue weighted by molar-refractivity contribution is -0.120. The van der Waals surface area contributed by atoms with Gasteiger partial charge in [0.05, 0.1) is 5.69 Å². The fourth-order valence-electron chi connectivity index (χ4n) is 4.36. The molecule has 2 fully saturated rings. The number of carbonyl (C=O) groups excluding carboxylic acids is 3. The van der Waals surface area contributed by atoms with E-state index in [1.165, 1.54) is 34.3 Å². The summed E-state index contributed by atoms with van der Waals surface area (Å²) in [4.78, 5) is 53.2. The average molecular weight is 587 g/mol. The van der Waals surface area contributed by atoms with Gasteiger partial charge >= 0.3 is 6.09 Å². The van der Waals surface area contributed by atoms with E-state index >= 15 is 0 Å². The van der Waals surface area contributed by atoms with Crippen molar-refractivity contribution in [3.05, 3.63) is 95.4 Å². The summed E-state index contributed by atoms with van der Waals surface area (Å²) in [6, 6.07) is 16.1. The molecule has 1 aliphatic carbocycles. The van der Waals surface area contributed by atoms with Gasteiger partial charge in [-0.3, -0.25) is 14.5 Å². The fraction of sp³-hybridized carbons (Fsp3) is 0.241. The van der Waals surface area contributed by atoms with Gasteiger partial charge in [0, 0.05) is 46.3 Å². The third kappa shape index (κ3) is 6.39. The average Bonchev–Trinajstić information content (AvgIpc) is 3.51. The molecular formula is C29H26N6O4S2. The van der Waals surface area contributed by atoms with Crippen molar-refractivity contribution in [3.63, 3.8) is 0 Å². The van der Waals surface area contributed by atoms with Crippen LogP contribution in [0.3, 0.4) is 0 Å². The number of nitrogens with one attached hydrogen (secondary N) is 2. The summed E-state index contributed by atoms with van der Waals surface area (Å²) in [6.07, 6.45) is 6.16. The van der Waals surface area contributed by atoms with Gasteiger partial charge in [0.15, 0.2) is 5.13 Å². The van der Waals surface area contributed by atoms with Crippen molar-refractivity contribution in [3.8, 4) is 11.3 Å². The number of amides is 3. The van der Waals surface area contributed by atoms with Crippen LogP contribution >= 0.6 is 23.1 Å². The minimum absolute atomic E-state index is 0.0769. The molecule has 2 unspecified atom stereocenters. The monoisotopic (exact) mass is 586 g/mol. The van der Waals surface area contributed by atoms with E-state index in [1.54, 1.807) is 24.5 Å². The normalized spacial score (nSPS) is 18.1. The predicted octanol–water partition coefficient (Wildman–Crippen LogP) is 4.88. The molecule has 0 bridgehead atoms. The Kier molecular flexibility index (Phi) is 7.92. The first-order chi connectivity index (χ1) is 20.0. The molecule has 10 nitrogen and oxygen atoms in total. The van der Waals surface area contributed by atoms with Gasteiger partial charge in [0.25, 0.3) is 5.91 Å². The van der Waals surface area contributed by atoms with Crippen LogP contribution in [-0.2, 0) is 16.1 Å². The Hall–Kier alpha value is -4.29. The van der Waals surface area contributed by atoms with Crippen LogP contribution in [0.15, 0.2) is 78.7 Å². The zero-order chi connectivity index (χ0) is 28.2. The van der Waals surface area contributed by atoms with E-state index < -0.39 is 17.5 Å². The van der Waals surface area contributed by atoms with Crippen LogP contribution in [0.1, 0.15) is 39.7 Å². The van der Waals surface area contributed by atoms with Crippen LogP contribution < -0.4 is 10.6 Å². The molecule has 41 heavy (non-hydrogen) atoms. The molecule has 3 heterocycles. The number of nitrogens with zero attached hydrogens (tertiary/aromatic N) is 4. The minimum Gasteiger partial charge on any atom is -0.444 e. The van der Waals surface area contributed by atoms with Crippen molar-refractivity contribution in [2.24, 2.45) is 0 Å². The van der Waals surface area contributed by atoms with Crippen molar-refractivity contribution in [1.82, 2.24) is 25.2 Å². The molecule has 1 saturated heterocycles. The van der Waals surface area contributed by atoms with Crippen LogP contribution in [0, 0.1) is 0 Å². The lowest BCUT2D eigenvalue weighted by atomic mass is 10.1.